The van der Waals surface area contributed by atoms with Gasteiger partial charge in [-0.3, -0.25) is 4.90 Å². The number of hydrogen-bond donors (Lipinski definition) is 1. The average molecular weight is 237 g/mol. The van der Waals surface area contributed by atoms with Crippen molar-refractivity contribution in [2.45, 2.75) is 37.4 Å². The van der Waals surface area contributed by atoms with E-state index in [0.717, 1.165) is 24.0 Å². The first kappa shape index (κ1) is 10.6. The first-order valence-electron chi connectivity index (χ1n) is 6.03. The number of hydrogen-bond acceptors (Lipinski definition) is 2. The third-order valence-corrected chi connectivity index (χ3v) is 4.07. The van der Waals surface area contributed by atoms with Gasteiger partial charge in [0.25, 0.3) is 0 Å². The highest BCUT2D eigenvalue weighted by molar-refractivity contribution is 6.31. The Hall–Kier alpha value is -0.570. The van der Waals surface area contributed by atoms with Crippen LogP contribution in [-0.2, 0) is 0 Å². The van der Waals surface area contributed by atoms with Crippen LogP contribution in [0.2, 0.25) is 5.02 Å². The van der Waals surface area contributed by atoms with E-state index in [9.17, 15) is 0 Å². The summed E-state index contributed by atoms with van der Waals surface area (Å²) in [7, 11) is 0. The predicted molar refractivity (Wildman–Crippen MR) is 66.5 cm³/mol. The van der Waals surface area contributed by atoms with Crippen molar-refractivity contribution in [1.82, 2.24) is 4.90 Å². The van der Waals surface area contributed by atoms with Crippen LogP contribution in [0.4, 0.5) is 0 Å². The lowest BCUT2D eigenvalue weighted by atomic mass is 10.0. The maximum atomic E-state index is 6.28. The number of rotatable bonds is 2. The van der Waals surface area contributed by atoms with Crippen molar-refractivity contribution in [2.75, 3.05) is 6.54 Å². The number of nitrogens with zero attached hydrogens (tertiary/aromatic N) is 1. The van der Waals surface area contributed by atoms with Crippen LogP contribution in [0.3, 0.4) is 0 Å². The minimum absolute atomic E-state index is 0.237. The Bertz CT molecular complexity index is 389. The molecule has 2 N–H and O–H groups in total. The highest BCUT2D eigenvalue weighted by atomic mass is 35.5. The SMILES string of the molecule is NC1CCN(C2CC2)C1c1ccccc1Cl. The van der Waals surface area contributed by atoms with Gasteiger partial charge in [-0.1, -0.05) is 29.8 Å². The Labute approximate surface area is 101 Å². The van der Waals surface area contributed by atoms with Gasteiger partial charge >= 0.3 is 0 Å². The first-order chi connectivity index (χ1) is 7.77. The molecule has 3 rings (SSSR count). The zero-order valence-electron chi connectivity index (χ0n) is 9.27. The third kappa shape index (κ3) is 1.75. The van der Waals surface area contributed by atoms with E-state index in [1.54, 1.807) is 0 Å². The molecule has 2 unspecified atom stereocenters. The van der Waals surface area contributed by atoms with Crippen LogP contribution in [-0.4, -0.2) is 23.5 Å². The lowest BCUT2D eigenvalue weighted by Crippen LogP contribution is -2.33. The second-order valence-electron chi connectivity index (χ2n) is 4.89. The molecule has 1 aromatic carbocycles. The summed E-state index contributed by atoms with van der Waals surface area (Å²) < 4.78 is 0. The Kier molecular flexibility index (Phi) is 2.66. The molecule has 1 heterocycles. The zero-order chi connectivity index (χ0) is 11.1. The van der Waals surface area contributed by atoms with Gasteiger partial charge in [-0.2, -0.15) is 0 Å². The Morgan fingerprint density at radius 1 is 1.19 bits per heavy atom. The molecule has 0 amide bonds. The van der Waals surface area contributed by atoms with E-state index in [4.69, 9.17) is 17.3 Å². The molecule has 1 aromatic rings. The van der Waals surface area contributed by atoms with Gasteiger partial charge in [0.2, 0.25) is 0 Å². The van der Waals surface area contributed by atoms with Crippen molar-refractivity contribution < 1.29 is 0 Å². The predicted octanol–water partition coefficient (Wildman–Crippen LogP) is 2.58. The standard InChI is InChI=1S/C13H17ClN2/c14-11-4-2-1-3-10(11)13-12(15)7-8-16(13)9-5-6-9/h1-4,9,12-13H,5-8,15H2. The van der Waals surface area contributed by atoms with Crippen molar-refractivity contribution >= 4 is 11.6 Å². The van der Waals surface area contributed by atoms with Crippen LogP contribution in [0.25, 0.3) is 0 Å². The van der Waals surface area contributed by atoms with Gasteiger partial charge < -0.3 is 5.73 Å². The van der Waals surface area contributed by atoms with Crippen LogP contribution < -0.4 is 5.73 Å². The fourth-order valence-electron chi connectivity index (χ4n) is 2.78. The molecule has 86 valence electrons. The van der Waals surface area contributed by atoms with Crippen LogP contribution in [0, 0.1) is 0 Å². The van der Waals surface area contributed by atoms with E-state index < -0.39 is 0 Å². The number of likely N-dealkylation sites (tertiary alicyclic amines) is 1. The summed E-state index contributed by atoms with van der Waals surface area (Å²) in [6.45, 7) is 1.13. The summed E-state index contributed by atoms with van der Waals surface area (Å²) in [6, 6.07) is 9.45. The van der Waals surface area contributed by atoms with E-state index in [2.05, 4.69) is 17.0 Å². The lowest BCUT2D eigenvalue weighted by molar-refractivity contribution is 0.237. The normalized spacial score (nSPS) is 30.9. The third-order valence-electron chi connectivity index (χ3n) is 3.72. The summed E-state index contributed by atoms with van der Waals surface area (Å²) in [5.41, 5.74) is 7.44. The fraction of sp³-hybridized carbons (Fsp3) is 0.538. The van der Waals surface area contributed by atoms with E-state index in [-0.39, 0.29) is 6.04 Å². The summed E-state index contributed by atoms with van der Waals surface area (Å²) in [6.07, 6.45) is 3.74. The minimum Gasteiger partial charge on any atom is -0.326 e. The van der Waals surface area contributed by atoms with Gasteiger partial charge in [0.15, 0.2) is 0 Å². The molecule has 2 nitrogen and oxygen atoms in total. The second-order valence-corrected chi connectivity index (χ2v) is 5.30. The minimum atomic E-state index is 0.237. The largest absolute Gasteiger partial charge is 0.326 e. The molecule has 0 aromatic heterocycles. The molecular weight excluding hydrogens is 220 g/mol. The van der Waals surface area contributed by atoms with Gasteiger partial charge in [0, 0.05) is 23.7 Å². The smallest absolute Gasteiger partial charge is 0.0517 e. The molecule has 0 bridgehead atoms. The highest BCUT2D eigenvalue weighted by Crippen LogP contribution is 2.41. The topological polar surface area (TPSA) is 29.3 Å². The van der Waals surface area contributed by atoms with Crippen molar-refractivity contribution in [2.24, 2.45) is 5.73 Å². The van der Waals surface area contributed by atoms with Crippen molar-refractivity contribution in [3.05, 3.63) is 34.9 Å². The molecule has 3 heteroatoms. The van der Waals surface area contributed by atoms with Gasteiger partial charge in [-0.25, -0.2) is 0 Å². The van der Waals surface area contributed by atoms with Crippen molar-refractivity contribution in [1.29, 1.82) is 0 Å². The zero-order valence-corrected chi connectivity index (χ0v) is 10.0. The number of halogens is 1. The van der Waals surface area contributed by atoms with E-state index in [0.29, 0.717) is 6.04 Å². The van der Waals surface area contributed by atoms with Gasteiger partial charge in [-0.05, 0) is 30.9 Å². The molecule has 2 fully saturated rings. The van der Waals surface area contributed by atoms with Crippen LogP contribution in [0.15, 0.2) is 24.3 Å². The molecule has 2 aliphatic rings. The van der Waals surface area contributed by atoms with Crippen LogP contribution in [0.5, 0.6) is 0 Å². The fourth-order valence-corrected chi connectivity index (χ4v) is 3.03. The maximum absolute atomic E-state index is 6.28. The summed E-state index contributed by atoms with van der Waals surface area (Å²) in [4.78, 5) is 2.55. The Balaban J connectivity index is 1.93. The quantitative estimate of drug-likeness (QED) is 0.855. The van der Waals surface area contributed by atoms with Gasteiger partial charge in [-0.15, -0.1) is 0 Å². The van der Waals surface area contributed by atoms with Crippen molar-refractivity contribution in [3.63, 3.8) is 0 Å². The highest BCUT2D eigenvalue weighted by Gasteiger charge is 2.41. The van der Waals surface area contributed by atoms with E-state index in [1.165, 1.54) is 18.4 Å². The Morgan fingerprint density at radius 3 is 2.62 bits per heavy atom. The van der Waals surface area contributed by atoms with Crippen LogP contribution >= 0.6 is 11.6 Å². The van der Waals surface area contributed by atoms with E-state index >= 15 is 0 Å². The molecule has 2 atom stereocenters. The first-order valence-corrected chi connectivity index (χ1v) is 6.41. The summed E-state index contributed by atoms with van der Waals surface area (Å²) in [5.74, 6) is 0. The second kappa shape index (κ2) is 4.02. The molecule has 1 saturated carbocycles. The molecule has 1 aliphatic heterocycles. The molecular formula is C13H17ClN2. The van der Waals surface area contributed by atoms with Gasteiger partial charge in [0.05, 0.1) is 6.04 Å². The summed E-state index contributed by atoms with van der Waals surface area (Å²) >= 11 is 6.28. The Morgan fingerprint density at radius 2 is 1.94 bits per heavy atom. The molecule has 0 radical (unpaired) electrons. The molecule has 16 heavy (non-hydrogen) atoms. The number of benzene rings is 1. The lowest BCUT2D eigenvalue weighted by Gasteiger charge is -2.27. The van der Waals surface area contributed by atoms with Crippen molar-refractivity contribution in [3.8, 4) is 0 Å². The monoisotopic (exact) mass is 236 g/mol. The maximum Gasteiger partial charge on any atom is 0.0517 e. The van der Waals surface area contributed by atoms with E-state index in [1.807, 2.05) is 12.1 Å². The molecule has 1 aliphatic carbocycles. The summed E-state index contributed by atoms with van der Waals surface area (Å²) in [5, 5.41) is 0.857. The molecule has 0 spiro atoms. The molecule has 1 saturated heterocycles. The van der Waals surface area contributed by atoms with Crippen LogP contribution in [0.1, 0.15) is 30.9 Å². The number of nitrogens with two attached hydrogens (primary N) is 1. The van der Waals surface area contributed by atoms with Gasteiger partial charge in [0.1, 0.15) is 0 Å². The average Bonchev–Trinajstić information content (AvgIpc) is 3.04.